The number of aliphatic hydroxyl groups excluding tert-OH is 1. The average Bonchev–Trinajstić information content (AvgIpc) is 2.70. The average molecular weight is 314 g/mol. The Balaban J connectivity index is 1.92. The summed E-state index contributed by atoms with van der Waals surface area (Å²) in [7, 11) is 1.90. The normalized spacial score (nSPS) is 12.7. The van der Waals surface area contributed by atoms with E-state index >= 15 is 0 Å². The second-order valence-electron chi connectivity index (χ2n) is 4.69. The van der Waals surface area contributed by atoms with Crippen molar-refractivity contribution in [2.75, 3.05) is 6.54 Å². The Hall–Kier alpha value is -1.07. The maximum atomic E-state index is 10.1. The van der Waals surface area contributed by atoms with Crippen molar-refractivity contribution in [3.05, 3.63) is 51.3 Å². The van der Waals surface area contributed by atoms with E-state index in [9.17, 15) is 5.11 Å². The highest BCUT2D eigenvalue weighted by atomic mass is 35.5. The van der Waals surface area contributed by atoms with Crippen LogP contribution in [0.4, 0.5) is 0 Å². The van der Waals surface area contributed by atoms with Crippen LogP contribution in [0.1, 0.15) is 22.9 Å². The summed E-state index contributed by atoms with van der Waals surface area (Å²) in [4.78, 5) is 0. The summed E-state index contributed by atoms with van der Waals surface area (Å²) in [6.07, 6.45) is 1.15. The third-order valence-corrected chi connectivity index (χ3v) is 3.87. The fraction of sp³-hybridized carbons (Fsp3) is 0.357. The minimum Gasteiger partial charge on any atom is -0.387 e. The molecule has 1 unspecified atom stereocenters. The predicted molar refractivity (Wildman–Crippen MR) is 81.1 cm³/mol. The van der Waals surface area contributed by atoms with Gasteiger partial charge in [0.25, 0.3) is 0 Å². The third-order valence-electron chi connectivity index (χ3n) is 3.31. The van der Waals surface area contributed by atoms with Gasteiger partial charge >= 0.3 is 0 Å². The van der Waals surface area contributed by atoms with Crippen molar-refractivity contribution < 1.29 is 5.11 Å². The molecule has 0 saturated heterocycles. The van der Waals surface area contributed by atoms with Crippen molar-refractivity contribution in [1.29, 1.82) is 0 Å². The highest BCUT2D eigenvalue weighted by Gasteiger charge is 2.12. The molecular weight excluding hydrogens is 297 g/mol. The molecule has 0 bridgehead atoms. The molecule has 1 atom stereocenters. The van der Waals surface area contributed by atoms with Crippen LogP contribution >= 0.6 is 23.2 Å². The molecule has 2 rings (SSSR count). The summed E-state index contributed by atoms with van der Waals surface area (Å²) in [6, 6.07) is 5.09. The molecule has 2 N–H and O–H groups in total. The zero-order chi connectivity index (χ0) is 14.7. The number of aromatic nitrogens is 2. The number of hydrogen-bond donors (Lipinski definition) is 2. The van der Waals surface area contributed by atoms with Crippen LogP contribution in [0.5, 0.6) is 0 Å². The lowest BCUT2D eigenvalue weighted by Gasteiger charge is -2.14. The van der Waals surface area contributed by atoms with Crippen molar-refractivity contribution in [3.63, 3.8) is 0 Å². The molecular formula is C14H17Cl2N3O. The van der Waals surface area contributed by atoms with Crippen molar-refractivity contribution in [3.8, 4) is 0 Å². The predicted octanol–water partition coefficient (Wildman–Crippen LogP) is 2.86. The van der Waals surface area contributed by atoms with Gasteiger partial charge in [-0.3, -0.25) is 4.68 Å². The number of benzene rings is 1. The number of halogens is 2. The standard InChI is InChI=1S/C14H17Cl2N3O/c1-9-10(7-18-19(9)2)6-17-8-14(20)12-4-3-11(15)5-13(12)16/h3-5,7,14,17,20H,6,8H2,1-2H3. The molecule has 0 fully saturated rings. The van der Waals surface area contributed by atoms with Gasteiger partial charge in [-0.1, -0.05) is 29.3 Å². The lowest BCUT2D eigenvalue weighted by Crippen LogP contribution is -2.21. The van der Waals surface area contributed by atoms with Crippen molar-refractivity contribution >= 4 is 23.2 Å². The molecule has 0 spiro atoms. The van der Waals surface area contributed by atoms with E-state index in [1.54, 1.807) is 18.2 Å². The van der Waals surface area contributed by atoms with E-state index in [1.165, 1.54) is 0 Å². The first kappa shape index (κ1) is 15.3. The smallest absolute Gasteiger partial charge is 0.0928 e. The van der Waals surface area contributed by atoms with Crippen LogP contribution in [-0.2, 0) is 13.6 Å². The van der Waals surface area contributed by atoms with Gasteiger partial charge in [0, 0.05) is 47.0 Å². The largest absolute Gasteiger partial charge is 0.387 e. The Kier molecular flexibility index (Phi) is 5.05. The monoisotopic (exact) mass is 313 g/mol. The van der Waals surface area contributed by atoms with E-state index in [0.29, 0.717) is 28.7 Å². The quantitative estimate of drug-likeness (QED) is 0.892. The molecule has 0 aliphatic carbocycles. The number of nitrogens with zero attached hydrogens (tertiary/aromatic N) is 2. The topological polar surface area (TPSA) is 50.1 Å². The van der Waals surface area contributed by atoms with E-state index in [0.717, 1.165) is 11.3 Å². The molecule has 6 heteroatoms. The van der Waals surface area contributed by atoms with Crippen LogP contribution in [0.3, 0.4) is 0 Å². The highest BCUT2D eigenvalue weighted by Crippen LogP contribution is 2.25. The SMILES string of the molecule is Cc1c(CNCC(O)c2ccc(Cl)cc2Cl)cnn1C. The number of hydrogen-bond acceptors (Lipinski definition) is 3. The third kappa shape index (κ3) is 3.52. The van der Waals surface area contributed by atoms with Crippen molar-refractivity contribution in [1.82, 2.24) is 15.1 Å². The molecule has 0 aliphatic heterocycles. The molecule has 1 aromatic carbocycles. The molecule has 1 heterocycles. The van der Waals surface area contributed by atoms with Gasteiger partial charge in [0.2, 0.25) is 0 Å². The summed E-state index contributed by atoms with van der Waals surface area (Å²) in [6.45, 7) is 3.08. The number of rotatable bonds is 5. The molecule has 108 valence electrons. The first-order chi connectivity index (χ1) is 9.49. The van der Waals surface area contributed by atoms with Gasteiger partial charge in [-0.2, -0.15) is 5.10 Å². The second-order valence-corrected chi connectivity index (χ2v) is 5.53. The lowest BCUT2D eigenvalue weighted by atomic mass is 10.1. The Morgan fingerprint density at radius 3 is 2.75 bits per heavy atom. The van der Waals surface area contributed by atoms with Crippen LogP contribution in [0, 0.1) is 6.92 Å². The Labute approximate surface area is 128 Å². The van der Waals surface area contributed by atoms with Crippen LogP contribution in [0.25, 0.3) is 0 Å². The summed E-state index contributed by atoms with van der Waals surface area (Å²) >= 11 is 11.9. The highest BCUT2D eigenvalue weighted by molar-refractivity contribution is 6.35. The summed E-state index contributed by atoms with van der Waals surface area (Å²) in [5.74, 6) is 0. The summed E-state index contributed by atoms with van der Waals surface area (Å²) in [5, 5.41) is 18.5. The Morgan fingerprint density at radius 2 is 2.15 bits per heavy atom. The molecule has 4 nitrogen and oxygen atoms in total. The molecule has 0 aliphatic rings. The number of aliphatic hydroxyl groups is 1. The molecule has 0 radical (unpaired) electrons. The van der Waals surface area contributed by atoms with E-state index in [1.807, 2.05) is 24.9 Å². The van der Waals surface area contributed by atoms with E-state index in [2.05, 4.69) is 10.4 Å². The van der Waals surface area contributed by atoms with Crippen LogP contribution in [0.2, 0.25) is 10.0 Å². The molecule has 0 amide bonds. The fourth-order valence-electron chi connectivity index (χ4n) is 1.94. The van der Waals surface area contributed by atoms with Gasteiger partial charge in [-0.15, -0.1) is 0 Å². The Morgan fingerprint density at radius 1 is 1.40 bits per heavy atom. The maximum absolute atomic E-state index is 10.1. The minimum absolute atomic E-state index is 0.412. The first-order valence-corrected chi connectivity index (χ1v) is 7.06. The van der Waals surface area contributed by atoms with Gasteiger partial charge in [-0.05, 0) is 19.1 Å². The molecule has 2 aromatic rings. The fourth-order valence-corrected chi connectivity index (χ4v) is 2.48. The van der Waals surface area contributed by atoms with Gasteiger partial charge in [0.1, 0.15) is 0 Å². The molecule has 1 aromatic heterocycles. The zero-order valence-electron chi connectivity index (χ0n) is 11.4. The van der Waals surface area contributed by atoms with Gasteiger partial charge in [-0.25, -0.2) is 0 Å². The van der Waals surface area contributed by atoms with Gasteiger partial charge in [0.05, 0.1) is 12.3 Å². The first-order valence-electron chi connectivity index (χ1n) is 6.30. The number of nitrogens with one attached hydrogen (secondary N) is 1. The maximum Gasteiger partial charge on any atom is 0.0928 e. The van der Waals surface area contributed by atoms with Gasteiger partial charge < -0.3 is 10.4 Å². The Bertz CT molecular complexity index is 598. The van der Waals surface area contributed by atoms with E-state index in [-0.39, 0.29) is 0 Å². The number of aryl methyl sites for hydroxylation is 1. The van der Waals surface area contributed by atoms with E-state index in [4.69, 9.17) is 23.2 Å². The van der Waals surface area contributed by atoms with Crippen LogP contribution in [0.15, 0.2) is 24.4 Å². The van der Waals surface area contributed by atoms with Crippen LogP contribution in [-0.4, -0.2) is 21.4 Å². The summed E-state index contributed by atoms with van der Waals surface area (Å²) < 4.78 is 1.82. The van der Waals surface area contributed by atoms with E-state index < -0.39 is 6.10 Å². The molecule has 0 saturated carbocycles. The van der Waals surface area contributed by atoms with Crippen molar-refractivity contribution in [2.24, 2.45) is 7.05 Å². The zero-order valence-corrected chi connectivity index (χ0v) is 12.9. The van der Waals surface area contributed by atoms with Gasteiger partial charge in [0.15, 0.2) is 0 Å². The van der Waals surface area contributed by atoms with Crippen molar-refractivity contribution in [2.45, 2.75) is 19.6 Å². The van der Waals surface area contributed by atoms with Crippen LogP contribution < -0.4 is 5.32 Å². The molecule has 20 heavy (non-hydrogen) atoms. The lowest BCUT2D eigenvalue weighted by molar-refractivity contribution is 0.174. The second kappa shape index (κ2) is 6.59. The summed E-state index contributed by atoms with van der Waals surface area (Å²) in [5.41, 5.74) is 2.89. The minimum atomic E-state index is -0.670.